The fourth-order valence-electron chi connectivity index (χ4n) is 2.75. The molecule has 1 aromatic carbocycles. The van der Waals surface area contributed by atoms with Crippen LogP contribution in [0.2, 0.25) is 0 Å². The van der Waals surface area contributed by atoms with Crippen LogP contribution in [0.4, 0.5) is 8.78 Å². The molecule has 0 fully saturated rings. The van der Waals surface area contributed by atoms with Crippen LogP contribution in [-0.4, -0.2) is 29.2 Å². The molecule has 0 saturated heterocycles. The Labute approximate surface area is 166 Å². The number of pyridine rings is 1. The van der Waals surface area contributed by atoms with Crippen molar-refractivity contribution >= 4 is 16.4 Å². The number of halogens is 2. The Hall–Kier alpha value is -3.14. The van der Waals surface area contributed by atoms with Gasteiger partial charge in [-0.1, -0.05) is 19.9 Å². The lowest BCUT2D eigenvalue weighted by Crippen LogP contribution is -2.19. The number of aldehydes is 1. The summed E-state index contributed by atoms with van der Waals surface area (Å²) in [7, 11) is -4.58. The fourth-order valence-corrected chi connectivity index (χ4v) is 4.15. The van der Waals surface area contributed by atoms with Gasteiger partial charge in [-0.2, -0.15) is 8.42 Å². The van der Waals surface area contributed by atoms with Gasteiger partial charge in [-0.05, 0) is 18.1 Å². The van der Waals surface area contributed by atoms with Crippen LogP contribution in [0.3, 0.4) is 0 Å². The smallest absolute Gasteiger partial charge is 0.357 e. The molecule has 0 saturated carbocycles. The number of nitrogens with zero attached hydrogens (tertiary/aromatic N) is 3. The number of hydrogen-bond acceptors (Lipinski definition) is 6. The first-order chi connectivity index (χ1) is 13.7. The van der Waals surface area contributed by atoms with Crippen molar-refractivity contribution in [2.45, 2.75) is 31.3 Å². The molecule has 152 valence electrons. The molecule has 29 heavy (non-hydrogen) atoms. The van der Waals surface area contributed by atoms with Gasteiger partial charge in [0.1, 0.15) is 17.4 Å². The number of rotatable bonds is 7. The third-order valence-electron chi connectivity index (χ3n) is 3.95. The number of hydrogen-bond donors (Lipinski definition) is 0. The van der Waals surface area contributed by atoms with Crippen LogP contribution in [0, 0.1) is 11.6 Å². The second-order valence-electron chi connectivity index (χ2n) is 6.48. The minimum absolute atomic E-state index is 0.0654. The first-order valence-corrected chi connectivity index (χ1v) is 9.98. The third kappa shape index (κ3) is 4.48. The molecule has 0 aliphatic carbocycles. The zero-order valence-corrected chi connectivity index (χ0v) is 16.4. The maximum absolute atomic E-state index is 13.5. The standard InChI is InChI=1S/C19H17F2N3O4S/c1-12(2)18-19(29(26,27)28-16-8-13(20)7-14(21)9-16)24(17(11-25)23-18)10-15-5-3-4-6-22-15/h3-9,11-12H,10H2,1-2H3. The zero-order chi connectivity index (χ0) is 21.2. The van der Waals surface area contributed by atoms with E-state index in [2.05, 4.69) is 9.97 Å². The lowest BCUT2D eigenvalue weighted by molar-refractivity contribution is 0.111. The first kappa shape index (κ1) is 20.6. The molecule has 0 unspecified atom stereocenters. The highest BCUT2D eigenvalue weighted by Crippen LogP contribution is 2.28. The number of imidazole rings is 1. The van der Waals surface area contributed by atoms with Gasteiger partial charge in [0.05, 0.1) is 17.9 Å². The van der Waals surface area contributed by atoms with Crippen molar-refractivity contribution in [2.24, 2.45) is 0 Å². The molecule has 0 spiro atoms. The fraction of sp³-hybridized carbons (Fsp3) is 0.211. The Kier molecular flexibility index (Phi) is 5.73. The number of aromatic nitrogens is 3. The molecule has 0 bridgehead atoms. The molecule has 2 heterocycles. The van der Waals surface area contributed by atoms with E-state index >= 15 is 0 Å². The van der Waals surface area contributed by atoms with Crippen LogP contribution in [0.15, 0.2) is 47.6 Å². The van der Waals surface area contributed by atoms with Crippen molar-refractivity contribution in [1.29, 1.82) is 0 Å². The largest absolute Gasteiger partial charge is 0.378 e. The van der Waals surface area contributed by atoms with Gasteiger partial charge in [0, 0.05) is 24.4 Å². The van der Waals surface area contributed by atoms with Crippen molar-refractivity contribution in [3.8, 4) is 5.75 Å². The van der Waals surface area contributed by atoms with Gasteiger partial charge < -0.3 is 8.75 Å². The highest BCUT2D eigenvalue weighted by molar-refractivity contribution is 7.87. The summed E-state index contributed by atoms with van der Waals surface area (Å²) in [5, 5.41) is -0.370. The molecule has 3 aromatic rings. The summed E-state index contributed by atoms with van der Waals surface area (Å²) in [4.78, 5) is 19.8. The van der Waals surface area contributed by atoms with Crippen molar-refractivity contribution in [2.75, 3.05) is 0 Å². The third-order valence-corrected chi connectivity index (χ3v) is 5.27. The molecule has 3 rings (SSSR count). The summed E-state index contributed by atoms with van der Waals surface area (Å²) in [6.07, 6.45) is 1.95. The minimum atomic E-state index is -4.58. The van der Waals surface area contributed by atoms with E-state index in [0.717, 1.165) is 16.7 Å². The van der Waals surface area contributed by atoms with Gasteiger partial charge in [0.25, 0.3) is 0 Å². The van der Waals surface area contributed by atoms with Gasteiger partial charge in [0.2, 0.25) is 0 Å². The summed E-state index contributed by atoms with van der Waals surface area (Å²) in [5.74, 6) is -3.02. The van der Waals surface area contributed by atoms with E-state index in [1.807, 2.05) is 0 Å². The molecule has 0 N–H and O–H groups in total. The quantitative estimate of drug-likeness (QED) is 0.429. The Balaban J connectivity index is 2.14. The minimum Gasteiger partial charge on any atom is -0.378 e. The zero-order valence-electron chi connectivity index (χ0n) is 15.5. The Morgan fingerprint density at radius 3 is 2.41 bits per heavy atom. The summed E-state index contributed by atoms with van der Waals surface area (Å²) < 4.78 is 59.1. The van der Waals surface area contributed by atoms with E-state index in [1.165, 1.54) is 6.20 Å². The molecule has 0 radical (unpaired) electrons. The van der Waals surface area contributed by atoms with Gasteiger partial charge in [-0.25, -0.2) is 13.8 Å². The van der Waals surface area contributed by atoms with Crippen LogP contribution in [0.5, 0.6) is 5.75 Å². The number of carbonyl (C=O) groups is 1. The summed E-state index contributed by atoms with van der Waals surface area (Å²) in [6.45, 7) is 3.33. The topological polar surface area (TPSA) is 91.1 Å². The first-order valence-electron chi connectivity index (χ1n) is 8.57. The lowest BCUT2D eigenvalue weighted by Gasteiger charge is -2.13. The van der Waals surface area contributed by atoms with E-state index in [-0.39, 0.29) is 29.0 Å². The molecule has 0 amide bonds. The van der Waals surface area contributed by atoms with Gasteiger partial charge >= 0.3 is 10.1 Å². The maximum atomic E-state index is 13.5. The summed E-state index contributed by atoms with van der Waals surface area (Å²) >= 11 is 0. The highest BCUT2D eigenvalue weighted by Gasteiger charge is 2.31. The van der Waals surface area contributed by atoms with Crippen molar-refractivity contribution < 1.29 is 26.2 Å². The average molecular weight is 421 g/mol. The predicted molar refractivity (Wildman–Crippen MR) is 99.2 cm³/mol. The summed E-state index contributed by atoms with van der Waals surface area (Å²) in [6, 6.07) is 7.14. The van der Waals surface area contributed by atoms with Crippen molar-refractivity contribution in [3.63, 3.8) is 0 Å². The Bertz CT molecular complexity index is 1130. The van der Waals surface area contributed by atoms with Crippen LogP contribution in [0.25, 0.3) is 0 Å². The second-order valence-corrected chi connectivity index (χ2v) is 7.94. The average Bonchev–Trinajstić information content (AvgIpc) is 3.01. The monoisotopic (exact) mass is 421 g/mol. The van der Waals surface area contributed by atoms with Gasteiger partial charge in [0.15, 0.2) is 17.1 Å². The number of benzene rings is 1. The molecule has 10 heteroatoms. The van der Waals surface area contributed by atoms with E-state index in [4.69, 9.17) is 4.18 Å². The Morgan fingerprint density at radius 1 is 1.17 bits per heavy atom. The van der Waals surface area contributed by atoms with E-state index in [0.29, 0.717) is 18.0 Å². The SMILES string of the molecule is CC(C)c1nc(C=O)n(Cc2ccccn2)c1S(=O)(=O)Oc1cc(F)cc(F)c1. The second kappa shape index (κ2) is 8.08. The molecule has 7 nitrogen and oxygen atoms in total. The predicted octanol–water partition coefficient (Wildman–Crippen LogP) is 3.31. The van der Waals surface area contributed by atoms with Crippen LogP contribution >= 0.6 is 0 Å². The molecular formula is C19H17F2N3O4S. The highest BCUT2D eigenvalue weighted by atomic mass is 32.2. The van der Waals surface area contributed by atoms with Crippen molar-refractivity contribution in [3.05, 3.63) is 71.4 Å². The van der Waals surface area contributed by atoms with Gasteiger partial charge in [-0.3, -0.25) is 9.78 Å². The molecule has 2 aromatic heterocycles. The molecular weight excluding hydrogens is 404 g/mol. The van der Waals surface area contributed by atoms with E-state index in [9.17, 15) is 22.0 Å². The lowest BCUT2D eigenvalue weighted by atomic mass is 10.1. The normalized spacial score (nSPS) is 11.6. The molecule has 0 aliphatic rings. The maximum Gasteiger partial charge on any atom is 0.357 e. The van der Waals surface area contributed by atoms with Crippen LogP contribution in [0.1, 0.15) is 41.8 Å². The van der Waals surface area contributed by atoms with E-state index < -0.39 is 27.5 Å². The van der Waals surface area contributed by atoms with Crippen molar-refractivity contribution in [1.82, 2.24) is 14.5 Å². The Morgan fingerprint density at radius 2 is 1.86 bits per heavy atom. The summed E-state index contributed by atoms with van der Waals surface area (Å²) in [5.41, 5.74) is 0.580. The van der Waals surface area contributed by atoms with Crippen LogP contribution in [-0.2, 0) is 16.7 Å². The molecule has 0 aliphatic heterocycles. The molecule has 0 atom stereocenters. The number of carbonyl (C=O) groups excluding carboxylic acids is 1. The van der Waals surface area contributed by atoms with Gasteiger partial charge in [-0.15, -0.1) is 0 Å². The van der Waals surface area contributed by atoms with Crippen LogP contribution < -0.4 is 4.18 Å². The van der Waals surface area contributed by atoms with E-state index in [1.54, 1.807) is 32.0 Å².